The van der Waals surface area contributed by atoms with E-state index in [-0.39, 0.29) is 11.8 Å². The van der Waals surface area contributed by atoms with Gasteiger partial charge in [-0.05, 0) is 17.7 Å². The molecule has 0 aliphatic heterocycles. The van der Waals surface area contributed by atoms with Gasteiger partial charge >= 0.3 is 6.18 Å². The van der Waals surface area contributed by atoms with Crippen molar-refractivity contribution in [2.24, 2.45) is 0 Å². The van der Waals surface area contributed by atoms with E-state index in [1.807, 2.05) is 0 Å². The smallest absolute Gasteiger partial charge is 0.300 e. The molecule has 1 atom stereocenters. The zero-order chi connectivity index (χ0) is 14.0. The fraction of sp³-hybridized carbons (Fsp3) is 0.300. The predicted molar refractivity (Wildman–Crippen MR) is 56.2 cm³/mol. The molecule has 0 fully saturated rings. The van der Waals surface area contributed by atoms with E-state index in [2.05, 4.69) is 4.18 Å². The van der Waals surface area contributed by atoms with Crippen LogP contribution in [0.2, 0.25) is 0 Å². The summed E-state index contributed by atoms with van der Waals surface area (Å²) >= 11 is 0. The summed E-state index contributed by atoms with van der Waals surface area (Å²) in [5.74, 6) is 0. The number of hydrogen-bond acceptors (Lipinski definition) is 4. The van der Waals surface area contributed by atoms with E-state index in [1.54, 1.807) is 0 Å². The molecule has 1 aromatic rings. The Morgan fingerprint density at radius 2 is 1.72 bits per heavy atom. The molecule has 1 rings (SSSR count). The molecule has 0 heterocycles. The van der Waals surface area contributed by atoms with Crippen LogP contribution in [0.5, 0.6) is 0 Å². The topological polar surface area (TPSA) is 60.4 Å². The van der Waals surface area contributed by atoms with Crippen molar-refractivity contribution in [3.63, 3.8) is 0 Å². The van der Waals surface area contributed by atoms with Crippen LogP contribution >= 0.6 is 0 Å². The zero-order valence-corrected chi connectivity index (χ0v) is 9.96. The van der Waals surface area contributed by atoms with Gasteiger partial charge in [0.15, 0.2) is 12.4 Å². The normalized spacial score (nSPS) is 14.2. The fourth-order valence-electron chi connectivity index (χ4n) is 1.21. The predicted octanol–water partition coefficient (Wildman–Crippen LogP) is 1.92. The third-order valence-electron chi connectivity index (χ3n) is 1.97. The molecule has 100 valence electrons. The molecule has 0 aromatic heterocycles. The second kappa shape index (κ2) is 5.07. The van der Waals surface area contributed by atoms with Crippen LogP contribution in [0.4, 0.5) is 13.2 Å². The van der Waals surface area contributed by atoms with Crippen LogP contribution in [0.3, 0.4) is 0 Å². The number of alkyl halides is 3. The van der Waals surface area contributed by atoms with Crippen molar-refractivity contribution in [1.29, 1.82) is 0 Å². The molecule has 0 amide bonds. The lowest BCUT2D eigenvalue weighted by atomic mass is 10.1. The molecule has 0 spiro atoms. The monoisotopic (exact) mass is 282 g/mol. The highest BCUT2D eigenvalue weighted by Gasteiger charge is 2.30. The lowest BCUT2D eigenvalue weighted by molar-refractivity contribution is -0.137. The SMILES string of the molecule is CS(=O)(=O)OC(C=O)c1ccc(C(F)(F)F)cc1. The maximum atomic E-state index is 12.3. The molecule has 0 bridgehead atoms. The highest BCUT2D eigenvalue weighted by Crippen LogP contribution is 2.30. The number of carbonyl (C=O) groups is 1. The second-order valence-corrected chi connectivity index (χ2v) is 5.08. The fourth-order valence-corrected chi connectivity index (χ4v) is 1.74. The van der Waals surface area contributed by atoms with Gasteiger partial charge in [-0.1, -0.05) is 12.1 Å². The molecule has 4 nitrogen and oxygen atoms in total. The van der Waals surface area contributed by atoms with E-state index in [0.29, 0.717) is 0 Å². The molecule has 0 aliphatic carbocycles. The minimum absolute atomic E-state index is 0.0309. The molecule has 0 aliphatic rings. The Hall–Kier alpha value is -1.41. The lowest BCUT2D eigenvalue weighted by Crippen LogP contribution is -2.12. The van der Waals surface area contributed by atoms with Crippen molar-refractivity contribution < 1.29 is 30.6 Å². The lowest BCUT2D eigenvalue weighted by Gasteiger charge is -2.11. The van der Waals surface area contributed by atoms with Crippen LogP contribution in [0.15, 0.2) is 24.3 Å². The Morgan fingerprint density at radius 3 is 2.06 bits per heavy atom. The van der Waals surface area contributed by atoms with E-state index < -0.39 is 28.0 Å². The van der Waals surface area contributed by atoms with E-state index in [0.717, 1.165) is 30.5 Å². The third kappa shape index (κ3) is 4.11. The van der Waals surface area contributed by atoms with Crippen LogP contribution < -0.4 is 0 Å². The highest BCUT2D eigenvalue weighted by atomic mass is 32.2. The summed E-state index contributed by atoms with van der Waals surface area (Å²) in [6.07, 6.45) is -4.99. The van der Waals surface area contributed by atoms with Gasteiger partial charge in [0.05, 0.1) is 11.8 Å². The van der Waals surface area contributed by atoms with E-state index in [4.69, 9.17) is 0 Å². The van der Waals surface area contributed by atoms with Crippen molar-refractivity contribution in [3.05, 3.63) is 35.4 Å². The molecule has 1 unspecified atom stereocenters. The molecular formula is C10H9F3O4S. The number of benzene rings is 1. The number of aldehydes is 1. The first kappa shape index (κ1) is 14.7. The average Bonchev–Trinajstić information content (AvgIpc) is 2.24. The Bertz CT molecular complexity index is 519. The quantitative estimate of drug-likeness (QED) is 0.625. The Labute approximate surface area is 101 Å². The van der Waals surface area contributed by atoms with Crippen LogP contribution in [-0.4, -0.2) is 21.0 Å². The number of halogens is 3. The van der Waals surface area contributed by atoms with Gasteiger partial charge in [0, 0.05) is 0 Å². The molecule has 0 N–H and O–H groups in total. The number of hydrogen-bond donors (Lipinski definition) is 0. The Morgan fingerprint density at radius 1 is 1.22 bits per heavy atom. The van der Waals surface area contributed by atoms with Crippen LogP contribution in [0.1, 0.15) is 17.2 Å². The summed E-state index contributed by atoms with van der Waals surface area (Å²) in [7, 11) is -3.88. The van der Waals surface area contributed by atoms with E-state index >= 15 is 0 Å². The molecule has 0 saturated heterocycles. The molecule has 8 heteroatoms. The molecule has 18 heavy (non-hydrogen) atoms. The summed E-state index contributed by atoms with van der Waals surface area (Å²) in [5.41, 5.74) is -0.862. The van der Waals surface area contributed by atoms with Crippen molar-refractivity contribution >= 4 is 16.4 Å². The number of carbonyl (C=O) groups excluding carboxylic acids is 1. The van der Waals surface area contributed by atoms with Gasteiger partial charge in [-0.15, -0.1) is 0 Å². The first-order valence-corrected chi connectivity index (χ1v) is 6.46. The molecule has 1 aromatic carbocycles. The summed E-state index contributed by atoms with van der Waals surface area (Å²) < 4.78 is 62.9. The van der Waals surface area contributed by atoms with Gasteiger partial charge in [-0.2, -0.15) is 21.6 Å². The minimum Gasteiger partial charge on any atom is -0.300 e. The largest absolute Gasteiger partial charge is 0.416 e. The first-order valence-electron chi connectivity index (χ1n) is 4.64. The van der Waals surface area contributed by atoms with Gasteiger partial charge in [0.2, 0.25) is 0 Å². The van der Waals surface area contributed by atoms with Crippen molar-refractivity contribution in [3.8, 4) is 0 Å². The van der Waals surface area contributed by atoms with Crippen LogP contribution in [0, 0.1) is 0 Å². The zero-order valence-electron chi connectivity index (χ0n) is 9.14. The van der Waals surface area contributed by atoms with Crippen molar-refractivity contribution in [1.82, 2.24) is 0 Å². The van der Waals surface area contributed by atoms with Crippen LogP contribution in [-0.2, 0) is 25.3 Å². The summed E-state index contributed by atoms with van der Waals surface area (Å²) in [4.78, 5) is 10.7. The van der Waals surface area contributed by atoms with E-state index in [1.165, 1.54) is 0 Å². The highest BCUT2D eigenvalue weighted by molar-refractivity contribution is 7.86. The summed E-state index contributed by atoms with van der Waals surface area (Å²) in [5, 5.41) is 0. The van der Waals surface area contributed by atoms with Crippen LogP contribution in [0.25, 0.3) is 0 Å². The van der Waals surface area contributed by atoms with Gasteiger partial charge in [0.25, 0.3) is 10.1 Å². The standard InChI is InChI=1S/C10H9F3O4S/c1-18(15,16)17-9(6-14)7-2-4-8(5-3-7)10(11,12)13/h2-6,9H,1H3. The molecule has 0 saturated carbocycles. The Kier molecular flexibility index (Phi) is 4.12. The third-order valence-corrected chi connectivity index (χ3v) is 2.53. The minimum atomic E-state index is -4.49. The molecule has 0 radical (unpaired) electrons. The second-order valence-electron chi connectivity index (χ2n) is 3.48. The van der Waals surface area contributed by atoms with E-state index in [9.17, 15) is 26.4 Å². The number of rotatable bonds is 4. The van der Waals surface area contributed by atoms with Crippen molar-refractivity contribution in [2.45, 2.75) is 12.3 Å². The first-order chi connectivity index (χ1) is 8.13. The maximum Gasteiger partial charge on any atom is 0.416 e. The maximum absolute atomic E-state index is 12.3. The summed E-state index contributed by atoms with van der Waals surface area (Å²) in [6, 6.07) is 3.48. The Balaban J connectivity index is 2.99. The van der Waals surface area contributed by atoms with Gasteiger partial charge < -0.3 is 4.79 Å². The molecular weight excluding hydrogens is 273 g/mol. The average molecular weight is 282 g/mol. The van der Waals surface area contributed by atoms with Gasteiger partial charge in [-0.25, -0.2) is 0 Å². The van der Waals surface area contributed by atoms with Gasteiger partial charge in [-0.3, -0.25) is 4.18 Å². The van der Waals surface area contributed by atoms with Crippen molar-refractivity contribution in [2.75, 3.05) is 6.26 Å². The summed E-state index contributed by atoms with van der Waals surface area (Å²) in [6.45, 7) is 0. The van der Waals surface area contributed by atoms with Gasteiger partial charge in [0.1, 0.15) is 0 Å².